The third kappa shape index (κ3) is 4.34. The summed E-state index contributed by atoms with van der Waals surface area (Å²) in [6, 6.07) is 13.4. The van der Waals surface area contributed by atoms with Crippen molar-refractivity contribution in [1.82, 2.24) is 10.3 Å². The average Bonchev–Trinajstić information content (AvgIpc) is 3.06. The number of amides is 1. The molecule has 0 saturated heterocycles. The van der Waals surface area contributed by atoms with Gasteiger partial charge in [-0.05, 0) is 43.2 Å². The van der Waals surface area contributed by atoms with Gasteiger partial charge in [-0.15, -0.1) is 0 Å². The predicted molar refractivity (Wildman–Crippen MR) is 107 cm³/mol. The van der Waals surface area contributed by atoms with Crippen LogP contribution in [0.1, 0.15) is 22.6 Å². The number of carbonyl (C=O) groups is 1. The molecule has 0 bridgehead atoms. The summed E-state index contributed by atoms with van der Waals surface area (Å²) in [6.07, 6.45) is 0.161. The van der Waals surface area contributed by atoms with Crippen molar-refractivity contribution in [2.75, 3.05) is 14.2 Å². The van der Waals surface area contributed by atoms with Crippen LogP contribution in [0.2, 0.25) is 0 Å². The number of benzene rings is 2. The molecule has 1 heterocycles. The highest BCUT2D eigenvalue weighted by Crippen LogP contribution is 2.27. The summed E-state index contributed by atoms with van der Waals surface area (Å²) in [5, 5.41) is 2.91. The Morgan fingerprint density at radius 3 is 2.54 bits per heavy atom. The molecule has 0 saturated carbocycles. The fourth-order valence-electron chi connectivity index (χ4n) is 2.93. The first-order valence-electron chi connectivity index (χ1n) is 9.01. The molecule has 3 rings (SSSR count). The van der Waals surface area contributed by atoms with Crippen LogP contribution in [0.5, 0.6) is 11.5 Å². The van der Waals surface area contributed by atoms with Gasteiger partial charge in [0.15, 0.2) is 11.5 Å². The smallest absolute Gasteiger partial charge is 0.226 e. The molecular formula is C22H24N2O4. The second-order valence-corrected chi connectivity index (χ2v) is 6.48. The summed E-state index contributed by atoms with van der Waals surface area (Å²) in [7, 11) is 3.17. The van der Waals surface area contributed by atoms with E-state index in [4.69, 9.17) is 13.9 Å². The molecule has 1 amide bonds. The first-order valence-corrected chi connectivity index (χ1v) is 9.01. The van der Waals surface area contributed by atoms with Crippen LogP contribution in [0.3, 0.4) is 0 Å². The molecular weight excluding hydrogens is 356 g/mol. The van der Waals surface area contributed by atoms with E-state index in [2.05, 4.69) is 10.3 Å². The molecule has 0 unspecified atom stereocenters. The van der Waals surface area contributed by atoms with Crippen LogP contribution in [0, 0.1) is 13.8 Å². The quantitative estimate of drug-likeness (QED) is 0.674. The van der Waals surface area contributed by atoms with Gasteiger partial charge in [-0.1, -0.05) is 24.3 Å². The number of nitrogens with one attached hydrogen (secondary N) is 1. The van der Waals surface area contributed by atoms with Crippen molar-refractivity contribution < 1.29 is 18.7 Å². The minimum Gasteiger partial charge on any atom is -0.493 e. The number of rotatable bonds is 7. The average molecular weight is 380 g/mol. The van der Waals surface area contributed by atoms with Crippen LogP contribution in [-0.4, -0.2) is 25.1 Å². The molecule has 6 heteroatoms. The van der Waals surface area contributed by atoms with E-state index < -0.39 is 0 Å². The second kappa shape index (κ2) is 8.61. The monoisotopic (exact) mass is 380 g/mol. The van der Waals surface area contributed by atoms with Gasteiger partial charge in [0.2, 0.25) is 11.8 Å². The highest BCUT2D eigenvalue weighted by molar-refractivity contribution is 5.78. The zero-order chi connectivity index (χ0) is 20.1. The molecule has 3 aromatic rings. The maximum atomic E-state index is 12.4. The van der Waals surface area contributed by atoms with Gasteiger partial charge in [-0.25, -0.2) is 4.98 Å². The standard InChI is InChI=1S/C22H24N2O4/c1-14-7-5-6-8-17(14)22-24-18(15(2)28-22)12-21(25)23-13-16-9-10-19(26-3)20(11-16)27-4/h5-11H,12-13H2,1-4H3,(H,23,25). The van der Waals surface area contributed by atoms with Crippen LogP contribution < -0.4 is 14.8 Å². The molecule has 0 radical (unpaired) electrons. The molecule has 0 spiro atoms. The number of hydrogen-bond donors (Lipinski definition) is 1. The van der Waals surface area contributed by atoms with Gasteiger partial charge in [0.05, 0.1) is 26.3 Å². The molecule has 28 heavy (non-hydrogen) atoms. The van der Waals surface area contributed by atoms with Crippen molar-refractivity contribution in [1.29, 1.82) is 0 Å². The number of ether oxygens (including phenoxy) is 2. The Morgan fingerprint density at radius 1 is 1.07 bits per heavy atom. The summed E-state index contributed by atoms with van der Waals surface area (Å²) in [5.41, 5.74) is 3.57. The van der Waals surface area contributed by atoms with Crippen LogP contribution in [0.4, 0.5) is 0 Å². The maximum Gasteiger partial charge on any atom is 0.226 e. The van der Waals surface area contributed by atoms with Crippen molar-refractivity contribution in [3.63, 3.8) is 0 Å². The molecule has 1 N–H and O–H groups in total. The number of methoxy groups -OCH3 is 2. The molecule has 0 fully saturated rings. The van der Waals surface area contributed by atoms with E-state index in [1.807, 2.05) is 56.3 Å². The van der Waals surface area contributed by atoms with Gasteiger partial charge < -0.3 is 19.2 Å². The highest BCUT2D eigenvalue weighted by atomic mass is 16.5. The van der Waals surface area contributed by atoms with E-state index in [-0.39, 0.29) is 12.3 Å². The van der Waals surface area contributed by atoms with Gasteiger partial charge in [0.25, 0.3) is 0 Å². The minimum absolute atomic E-state index is 0.123. The number of aromatic nitrogens is 1. The first-order chi connectivity index (χ1) is 13.5. The number of hydrogen-bond acceptors (Lipinski definition) is 5. The van der Waals surface area contributed by atoms with Crippen LogP contribution in [0.15, 0.2) is 46.9 Å². The maximum absolute atomic E-state index is 12.4. The van der Waals surface area contributed by atoms with E-state index in [0.717, 1.165) is 16.7 Å². The van der Waals surface area contributed by atoms with Gasteiger partial charge in [-0.3, -0.25) is 4.79 Å². The van der Waals surface area contributed by atoms with E-state index >= 15 is 0 Å². The molecule has 1 aromatic heterocycles. The Labute approximate surface area is 164 Å². The number of carbonyl (C=O) groups excluding carboxylic acids is 1. The SMILES string of the molecule is COc1ccc(CNC(=O)Cc2nc(-c3ccccc3C)oc2C)cc1OC. The lowest BCUT2D eigenvalue weighted by Crippen LogP contribution is -2.25. The van der Waals surface area contributed by atoms with Gasteiger partial charge >= 0.3 is 0 Å². The topological polar surface area (TPSA) is 73.6 Å². The Hall–Kier alpha value is -3.28. The van der Waals surface area contributed by atoms with E-state index in [1.165, 1.54) is 0 Å². The van der Waals surface area contributed by atoms with Crippen LogP contribution in [0.25, 0.3) is 11.5 Å². The second-order valence-electron chi connectivity index (χ2n) is 6.48. The van der Waals surface area contributed by atoms with Crippen molar-refractivity contribution in [2.24, 2.45) is 0 Å². The van der Waals surface area contributed by atoms with Crippen LogP contribution in [-0.2, 0) is 17.8 Å². The summed E-state index contributed by atoms with van der Waals surface area (Å²) in [5.74, 6) is 2.35. The number of oxazole rings is 1. The molecule has 0 aliphatic carbocycles. The lowest BCUT2D eigenvalue weighted by atomic mass is 10.1. The lowest BCUT2D eigenvalue weighted by molar-refractivity contribution is -0.120. The highest BCUT2D eigenvalue weighted by Gasteiger charge is 2.16. The van der Waals surface area contributed by atoms with Gasteiger partial charge in [0, 0.05) is 12.1 Å². The van der Waals surface area contributed by atoms with Crippen molar-refractivity contribution in [3.8, 4) is 23.0 Å². The summed E-state index contributed by atoms with van der Waals surface area (Å²) in [6.45, 7) is 4.22. The minimum atomic E-state index is -0.123. The summed E-state index contributed by atoms with van der Waals surface area (Å²) < 4.78 is 16.3. The first kappa shape index (κ1) is 19.5. The van der Waals surface area contributed by atoms with E-state index in [9.17, 15) is 4.79 Å². The molecule has 0 atom stereocenters. The van der Waals surface area contributed by atoms with Crippen molar-refractivity contribution >= 4 is 5.91 Å². The lowest BCUT2D eigenvalue weighted by Gasteiger charge is -2.10. The van der Waals surface area contributed by atoms with Gasteiger partial charge in [0.1, 0.15) is 5.76 Å². The summed E-state index contributed by atoms with van der Waals surface area (Å²) in [4.78, 5) is 16.9. The van der Waals surface area contributed by atoms with Crippen LogP contribution >= 0.6 is 0 Å². The van der Waals surface area contributed by atoms with E-state index in [0.29, 0.717) is 35.4 Å². The summed E-state index contributed by atoms with van der Waals surface area (Å²) >= 11 is 0. The van der Waals surface area contributed by atoms with Crippen molar-refractivity contribution in [3.05, 3.63) is 65.0 Å². The van der Waals surface area contributed by atoms with Gasteiger partial charge in [-0.2, -0.15) is 0 Å². The fraction of sp³-hybridized carbons (Fsp3) is 0.273. The largest absolute Gasteiger partial charge is 0.493 e. The Balaban J connectivity index is 1.65. The molecule has 6 nitrogen and oxygen atoms in total. The predicted octanol–water partition coefficient (Wildman–Crippen LogP) is 3.83. The van der Waals surface area contributed by atoms with Crippen molar-refractivity contribution in [2.45, 2.75) is 26.8 Å². The zero-order valence-electron chi connectivity index (χ0n) is 16.5. The number of nitrogens with zero attached hydrogens (tertiary/aromatic N) is 1. The third-order valence-corrected chi connectivity index (χ3v) is 4.53. The Bertz CT molecular complexity index is 978. The normalized spacial score (nSPS) is 10.6. The molecule has 146 valence electrons. The third-order valence-electron chi connectivity index (χ3n) is 4.53. The number of aryl methyl sites for hydroxylation is 2. The molecule has 2 aromatic carbocycles. The van der Waals surface area contributed by atoms with E-state index in [1.54, 1.807) is 14.2 Å². The molecule has 0 aliphatic rings. The zero-order valence-corrected chi connectivity index (χ0v) is 16.5. The molecule has 0 aliphatic heterocycles. The Morgan fingerprint density at radius 2 is 1.82 bits per heavy atom. The Kier molecular flexibility index (Phi) is 5.99. The fourth-order valence-corrected chi connectivity index (χ4v) is 2.93.